The molecule has 0 aliphatic heterocycles. The summed E-state index contributed by atoms with van der Waals surface area (Å²) in [7, 11) is 0. The van der Waals surface area contributed by atoms with E-state index in [0.717, 1.165) is 17.2 Å². The Labute approximate surface area is 377 Å². The predicted molar refractivity (Wildman–Crippen MR) is 250 cm³/mol. The number of halogens is 4. The first-order valence-electron chi connectivity index (χ1n) is 17.6. The monoisotopic (exact) mass is 908 g/mol. The molecule has 3 aromatic rings. The van der Waals surface area contributed by atoms with Crippen LogP contribution in [0, 0.1) is 0 Å². The number of carboxylic acid groups (broad SMARTS) is 1. The van der Waals surface area contributed by atoms with Crippen LogP contribution in [0.2, 0.25) is 0 Å². The second kappa shape index (κ2) is 40.9. The third kappa shape index (κ3) is 31.7. The van der Waals surface area contributed by atoms with Crippen LogP contribution in [0.5, 0.6) is 0 Å². The lowest BCUT2D eigenvalue weighted by molar-refractivity contribution is -0.180. The lowest BCUT2D eigenvalue weighted by atomic mass is 10.2. The van der Waals surface area contributed by atoms with Gasteiger partial charge in [0.25, 0.3) is 11.8 Å². The number of aliphatic carboxylic acids is 1. The minimum Gasteiger partial charge on any atom is -0.479 e. The standard InChI is InChI=1S/C12H13F2N3O.C12H15N3O2.C11H11F2N3O3.C5H10.5CH4/c1-2-11(12(13,14)9-16-17-15)18-8-10-6-4-3-5-7-10;1-2-12(11(16)8-14-15-13)17-9-10-6-4-3-5-7-10;12-11(13,7-15-16-14)9(10(17)18)19-6-8-4-2-1-3-5-8;1-4-5(2)3;;;;;/h2-7,11H,1,8-9H2;2-7,11-12,16H,1,8-9H2;1-5,9H,6-7H2,(H,17,18);4H,1-3H3;5*1H4/t11-;11-,12+;9-;;;;;;/m010....../s1. The van der Waals surface area contributed by atoms with Crippen molar-refractivity contribution in [2.75, 3.05) is 19.6 Å². The van der Waals surface area contributed by atoms with Crippen molar-refractivity contribution in [1.82, 2.24) is 0 Å². The summed E-state index contributed by atoms with van der Waals surface area (Å²) in [4.78, 5) is 17.9. The van der Waals surface area contributed by atoms with Gasteiger partial charge in [-0.15, -0.1) is 13.2 Å². The summed E-state index contributed by atoms with van der Waals surface area (Å²) in [6, 6.07) is 26.9. The highest BCUT2D eigenvalue weighted by Gasteiger charge is 2.45. The maximum atomic E-state index is 13.5. The fourth-order valence-electron chi connectivity index (χ4n) is 4.00. The third-order valence-electron chi connectivity index (χ3n) is 7.27. The Morgan fingerprint density at radius 1 is 0.672 bits per heavy atom. The Bertz CT molecular complexity index is 1820. The van der Waals surface area contributed by atoms with E-state index in [1.165, 1.54) is 11.6 Å². The first kappa shape index (κ1) is 69.5. The predicted octanol–water partition coefficient (Wildman–Crippen LogP) is 13.9. The number of carbonyl (C=O) groups is 1. The molecule has 0 aromatic heterocycles. The molecule has 0 heterocycles. The fourth-order valence-corrected chi connectivity index (χ4v) is 4.00. The lowest BCUT2D eigenvalue weighted by Crippen LogP contribution is -2.44. The quantitative estimate of drug-likeness (QED) is 0.0347. The first-order chi connectivity index (χ1) is 28.1. The van der Waals surface area contributed by atoms with Crippen LogP contribution in [0.15, 0.2) is 143 Å². The van der Waals surface area contributed by atoms with Crippen molar-refractivity contribution in [2.45, 2.75) is 114 Å². The molecular weight excluding hydrogens is 839 g/mol. The molecule has 0 bridgehead atoms. The van der Waals surface area contributed by atoms with Crippen LogP contribution in [0.4, 0.5) is 17.6 Å². The van der Waals surface area contributed by atoms with Crippen LogP contribution < -0.4 is 0 Å². The zero-order valence-electron chi connectivity index (χ0n) is 32.9. The van der Waals surface area contributed by atoms with E-state index >= 15 is 0 Å². The Balaban J connectivity index is -0.000000180. The zero-order chi connectivity index (χ0) is 44.5. The van der Waals surface area contributed by atoms with Crippen LogP contribution in [-0.4, -0.2) is 72.1 Å². The van der Waals surface area contributed by atoms with E-state index in [1.54, 1.807) is 54.6 Å². The number of allylic oxidation sites excluding steroid dienone is 2. The number of benzene rings is 3. The molecule has 0 fully saturated rings. The Morgan fingerprint density at radius 3 is 1.36 bits per heavy atom. The van der Waals surface area contributed by atoms with Crippen LogP contribution in [-0.2, 0) is 38.8 Å². The number of aliphatic hydroxyl groups is 1. The van der Waals surface area contributed by atoms with Crippen LogP contribution in [0.25, 0.3) is 31.3 Å². The van der Waals surface area contributed by atoms with Gasteiger partial charge in [0.1, 0.15) is 12.2 Å². The summed E-state index contributed by atoms with van der Waals surface area (Å²) < 4.78 is 69.2. The minimum atomic E-state index is -3.77. The molecule has 64 heavy (non-hydrogen) atoms. The smallest absolute Gasteiger partial charge is 0.339 e. The highest BCUT2D eigenvalue weighted by atomic mass is 19.3. The summed E-state index contributed by atoms with van der Waals surface area (Å²) in [6.45, 7) is 11.0. The number of alkyl halides is 4. The second-order valence-corrected chi connectivity index (χ2v) is 12.1. The maximum absolute atomic E-state index is 13.5. The third-order valence-corrected chi connectivity index (χ3v) is 7.27. The average Bonchev–Trinajstić information content (AvgIpc) is 3.23. The van der Waals surface area contributed by atoms with Gasteiger partial charge in [-0.25, -0.2) is 22.4 Å². The number of aliphatic hydroxyl groups excluding tert-OH is 1. The molecule has 0 amide bonds. The van der Waals surface area contributed by atoms with Gasteiger partial charge in [-0.3, -0.25) is 0 Å². The molecule has 19 heteroatoms. The van der Waals surface area contributed by atoms with Gasteiger partial charge in [0.05, 0.1) is 45.6 Å². The molecule has 0 saturated heterocycles. The molecule has 3 aromatic carbocycles. The van der Waals surface area contributed by atoms with Gasteiger partial charge < -0.3 is 24.4 Å². The molecule has 0 saturated carbocycles. The number of nitrogens with zero attached hydrogens (tertiary/aromatic N) is 9. The molecule has 0 aliphatic rings. The Morgan fingerprint density at radius 2 is 1.03 bits per heavy atom. The van der Waals surface area contributed by atoms with Crippen LogP contribution in [0.3, 0.4) is 0 Å². The van der Waals surface area contributed by atoms with Gasteiger partial charge >= 0.3 is 5.97 Å². The SMILES string of the molecule is C.C.C.C.C.C=C[C@H](OCc1ccccc1)C(F)(F)CN=[N+]=[N-].C=C[C@H](OCc1ccccc1)[C@H](O)CN=[N+]=[N-].CC=C(C)C.[N-]=[N+]=NCC(F)(F)[C@@H](OCc1ccccc1)C(=O)O. The van der Waals surface area contributed by atoms with Gasteiger partial charge in [0.15, 0.2) is 0 Å². The van der Waals surface area contributed by atoms with Crippen molar-refractivity contribution in [2.24, 2.45) is 15.3 Å². The summed E-state index contributed by atoms with van der Waals surface area (Å²) in [6.07, 6.45) is -0.662. The lowest BCUT2D eigenvalue weighted by Gasteiger charge is -2.22. The molecule has 0 radical (unpaired) electrons. The molecular formula is C45H69F4N9O6. The van der Waals surface area contributed by atoms with Crippen molar-refractivity contribution < 1.29 is 46.8 Å². The molecule has 358 valence electrons. The number of rotatable bonds is 21. The Hall–Kier alpha value is -6.16. The molecule has 15 nitrogen and oxygen atoms in total. The number of ether oxygens (including phenoxy) is 3. The highest BCUT2D eigenvalue weighted by molar-refractivity contribution is 5.73. The normalized spacial score (nSPS) is 11.4. The van der Waals surface area contributed by atoms with Crippen LogP contribution >= 0.6 is 0 Å². The maximum Gasteiger partial charge on any atom is 0.339 e. The van der Waals surface area contributed by atoms with Gasteiger partial charge in [-0.2, -0.15) is 0 Å². The number of azide groups is 3. The highest BCUT2D eigenvalue weighted by Crippen LogP contribution is 2.25. The molecule has 2 N–H and O–H groups in total. The van der Waals surface area contributed by atoms with Crippen molar-refractivity contribution in [1.29, 1.82) is 0 Å². The summed E-state index contributed by atoms with van der Waals surface area (Å²) in [5.41, 5.74) is 27.9. The fraction of sp³-hybridized carbons (Fsp3) is 0.444. The van der Waals surface area contributed by atoms with E-state index in [1.807, 2.05) is 43.3 Å². The van der Waals surface area contributed by atoms with Crippen molar-refractivity contribution in [3.05, 3.63) is 176 Å². The van der Waals surface area contributed by atoms with E-state index < -0.39 is 55.3 Å². The Kier molecular flexibility index (Phi) is 44.4. The average molecular weight is 908 g/mol. The van der Waals surface area contributed by atoms with Gasteiger partial charge in [-0.1, -0.05) is 167 Å². The van der Waals surface area contributed by atoms with Gasteiger partial charge in [0, 0.05) is 14.7 Å². The number of carboxylic acids is 1. The second-order valence-electron chi connectivity index (χ2n) is 12.1. The van der Waals surface area contributed by atoms with Gasteiger partial charge in [-0.05, 0) is 54.1 Å². The van der Waals surface area contributed by atoms with E-state index in [4.69, 9.17) is 35.9 Å². The van der Waals surface area contributed by atoms with Crippen molar-refractivity contribution in [3.8, 4) is 0 Å². The van der Waals surface area contributed by atoms with E-state index in [2.05, 4.69) is 63.2 Å². The van der Waals surface area contributed by atoms with Crippen LogP contribution in [0.1, 0.15) is 74.6 Å². The molecule has 3 rings (SSSR count). The molecule has 0 aliphatic carbocycles. The largest absolute Gasteiger partial charge is 0.479 e. The van der Waals surface area contributed by atoms with E-state index in [9.17, 15) is 27.5 Å². The molecule has 0 unspecified atom stereocenters. The van der Waals surface area contributed by atoms with Crippen molar-refractivity contribution in [3.63, 3.8) is 0 Å². The van der Waals surface area contributed by atoms with E-state index in [-0.39, 0.29) is 56.9 Å². The first-order valence-corrected chi connectivity index (χ1v) is 17.6. The molecule has 4 atom stereocenters. The number of hydrogen-bond donors (Lipinski definition) is 2. The number of hydrogen-bond acceptors (Lipinski definition) is 8. The minimum absolute atomic E-state index is 0. The summed E-state index contributed by atoms with van der Waals surface area (Å²) in [5.74, 6) is -8.84. The summed E-state index contributed by atoms with van der Waals surface area (Å²) >= 11 is 0. The van der Waals surface area contributed by atoms with E-state index in [0.29, 0.717) is 12.2 Å². The topological polar surface area (TPSA) is 232 Å². The van der Waals surface area contributed by atoms with Gasteiger partial charge in [0.2, 0.25) is 6.10 Å². The molecule has 0 spiro atoms. The van der Waals surface area contributed by atoms with Crippen molar-refractivity contribution >= 4 is 5.97 Å². The zero-order valence-corrected chi connectivity index (χ0v) is 32.9. The summed E-state index contributed by atoms with van der Waals surface area (Å²) in [5, 5.41) is 27.3.